The zero-order valence-corrected chi connectivity index (χ0v) is 15.2. The van der Waals surface area contributed by atoms with Crippen LogP contribution in [0.4, 0.5) is 17.5 Å². The van der Waals surface area contributed by atoms with E-state index in [1.807, 2.05) is 36.4 Å². The topological polar surface area (TPSA) is 111 Å². The Labute approximate surface area is 165 Å². The van der Waals surface area contributed by atoms with E-state index in [9.17, 15) is 14.9 Å². The van der Waals surface area contributed by atoms with Gasteiger partial charge in [0, 0.05) is 16.6 Å². The fourth-order valence-corrected chi connectivity index (χ4v) is 3.38. The second-order valence-corrected chi connectivity index (χ2v) is 6.73. The minimum atomic E-state index is -1.05. The molecule has 1 aliphatic heterocycles. The van der Waals surface area contributed by atoms with Crippen LogP contribution < -0.4 is 16.2 Å². The molecule has 1 amide bonds. The number of nitrogens with one attached hydrogen (secondary N) is 3. The predicted molar refractivity (Wildman–Crippen MR) is 106 cm³/mol. The first-order valence-corrected chi connectivity index (χ1v) is 8.87. The minimum absolute atomic E-state index is 0.138. The van der Waals surface area contributed by atoms with E-state index >= 15 is 0 Å². The quantitative estimate of drug-likeness (QED) is 0.633. The maximum atomic E-state index is 12.9. The first-order valence-electron chi connectivity index (χ1n) is 8.49. The summed E-state index contributed by atoms with van der Waals surface area (Å²) >= 11 is 5.95. The Morgan fingerprint density at radius 1 is 1.07 bits per heavy atom. The third-order valence-electron chi connectivity index (χ3n) is 4.53. The maximum absolute atomic E-state index is 12.9. The lowest BCUT2D eigenvalue weighted by molar-refractivity contribution is -0.119. The average Bonchev–Trinajstić information content (AvgIpc) is 2.68. The van der Waals surface area contributed by atoms with Crippen LogP contribution in [0.25, 0.3) is 0 Å². The highest BCUT2D eigenvalue weighted by Crippen LogP contribution is 2.38. The number of carbonyl (C=O) groups excluding carboxylic acids is 1. The molecular weight excluding hydrogens is 378 g/mol. The van der Waals surface area contributed by atoms with Crippen molar-refractivity contribution in [2.45, 2.75) is 5.92 Å². The number of benzene rings is 2. The molecule has 2 aromatic carbocycles. The van der Waals surface area contributed by atoms with Crippen molar-refractivity contribution in [3.63, 3.8) is 0 Å². The van der Waals surface area contributed by atoms with Crippen LogP contribution in [-0.4, -0.2) is 15.9 Å². The van der Waals surface area contributed by atoms with Crippen molar-refractivity contribution in [3.8, 4) is 6.07 Å². The van der Waals surface area contributed by atoms with E-state index in [0.717, 1.165) is 5.69 Å². The van der Waals surface area contributed by atoms with Gasteiger partial charge in [0.2, 0.25) is 11.9 Å². The first-order chi connectivity index (χ1) is 13.6. The van der Waals surface area contributed by atoms with E-state index in [-0.39, 0.29) is 17.3 Å². The van der Waals surface area contributed by atoms with E-state index in [1.165, 1.54) is 0 Å². The number of anilines is 3. The summed E-state index contributed by atoms with van der Waals surface area (Å²) < 4.78 is 0. The van der Waals surface area contributed by atoms with Gasteiger partial charge in [-0.15, -0.1) is 0 Å². The molecule has 28 heavy (non-hydrogen) atoms. The molecule has 8 heteroatoms. The molecule has 3 N–H and O–H groups in total. The summed E-state index contributed by atoms with van der Waals surface area (Å²) in [7, 11) is 0. The normalized spacial score (nSPS) is 17.9. The fourth-order valence-electron chi connectivity index (χ4n) is 3.26. The third-order valence-corrected chi connectivity index (χ3v) is 4.78. The standard InChI is InChI=1S/C20H14ClN5O2/c21-12-8-6-11(7-9-12)15-14(10-22)18(27)24-17-16(15)19(28)26-20(25-17)23-13-4-2-1-3-5-13/h1-9,14-15H,(H3,23,24,25,26,27,28)/t14-,15-/m1/s1. The van der Waals surface area contributed by atoms with Crippen LogP contribution in [0.15, 0.2) is 59.4 Å². The largest absolute Gasteiger partial charge is 0.326 e. The van der Waals surface area contributed by atoms with Gasteiger partial charge in [0.1, 0.15) is 11.7 Å². The Balaban J connectivity index is 1.82. The second-order valence-electron chi connectivity index (χ2n) is 6.29. The lowest BCUT2D eigenvalue weighted by atomic mass is 9.79. The molecule has 0 saturated carbocycles. The van der Waals surface area contributed by atoms with Crippen LogP contribution in [0.5, 0.6) is 0 Å². The number of rotatable bonds is 3. The molecule has 4 rings (SSSR count). The van der Waals surface area contributed by atoms with Crippen LogP contribution in [0.2, 0.25) is 5.02 Å². The minimum Gasteiger partial charge on any atom is -0.326 e. The second kappa shape index (κ2) is 7.18. The first kappa shape index (κ1) is 17.8. The van der Waals surface area contributed by atoms with Crippen molar-refractivity contribution < 1.29 is 4.79 Å². The summed E-state index contributed by atoms with van der Waals surface area (Å²) in [5.74, 6) is -1.96. The molecule has 0 unspecified atom stereocenters. The summed E-state index contributed by atoms with van der Waals surface area (Å²) in [6.07, 6.45) is 0. The van der Waals surface area contributed by atoms with E-state index in [2.05, 4.69) is 20.6 Å². The van der Waals surface area contributed by atoms with E-state index in [0.29, 0.717) is 10.6 Å². The summed E-state index contributed by atoms with van der Waals surface area (Å²) in [4.78, 5) is 32.4. The van der Waals surface area contributed by atoms with Crippen molar-refractivity contribution in [1.29, 1.82) is 5.26 Å². The van der Waals surface area contributed by atoms with E-state index in [4.69, 9.17) is 11.6 Å². The summed E-state index contributed by atoms with van der Waals surface area (Å²) in [5.41, 5.74) is 1.19. The number of aromatic nitrogens is 2. The van der Waals surface area contributed by atoms with Gasteiger partial charge in [-0.05, 0) is 29.8 Å². The summed E-state index contributed by atoms with van der Waals surface area (Å²) in [6, 6.07) is 17.9. The highest BCUT2D eigenvalue weighted by atomic mass is 35.5. The molecule has 2 heterocycles. The van der Waals surface area contributed by atoms with Crippen LogP contribution >= 0.6 is 11.6 Å². The van der Waals surface area contributed by atoms with Crippen molar-refractivity contribution in [2.75, 3.05) is 10.6 Å². The number of H-pyrrole nitrogens is 1. The van der Waals surface area contributed by atoms with Gasteiger partial charge in [-0.3, -0.25) is 14.6 Å². The van der Waals surface area contributed by atoms with Crippen LogP contribution in [-0.2, 0) is 4.79 Å². The molecule has 0 fully saturated rings. The van der Waals surface area contributed by atoms with E-state index < -0.39 is 23.3 Å². The Morgan fingerprint density at radius 3 is 2.46 bits per heavy atom. The van der Waals surface area contributed by atoms with Gasteiger partial charge < -0.3 is 10.6 Å². The molecular formula is C20H14ClN5O2. The maximum Gasteiger partial charge on any atom is 0.258 e. The number of aromatic amines is 1. The molecule has 0 spiro atoms. The SMILES string of the molecule is N#C[C@H]1C(=O)Nc2nc(Nc3ccccc3)[nH]c(=O)c2[C@@H]1c1ccc(Cl)cc1. The number of hydrogen-bond donors (Lipinski definition) is 3. The molecule has 0 saturated heterocycles. The predicted octanol–water partition coefficient (Wildman–Crippen LogP) is 3.39. The van der Waals surface area contributed by atoms with Gasteiger partial charge in [0.25, 0.3) is 5.56 Å². The van der Waals surface area contributed by atoms with Gasteiger partial charge in [-0.25, -0.2) is 0 Å². The van der Waals surface area contributed by atoms with Gasteiger partial charge in [0.05, 0.1) is 11.6 Å². The Hall–Kier alpha value is -3.63. The number of nitrogens with zero attached hydrogens (tertiary/aromatic N) is 2. The third kappa shape index (κ3) is 3.21. The highest BCUT2D eigenvalue weighted by molar-refractivity contribution is 6.30. The molecule has 0 bridgehead atoms. The molecule has 7 nitrogen and oxygen atoms in total. The molecule has 0 aliphatic carbocycles. The van der Waals surface area contributed by atoms with Gasteiger partial charge in [0.15, 0.2) is 0 Å². The molecule has 0 radical (unpaired) electrons. The smallest absolute Gasteiger partial charge is 0.258 e. The number of amides is 1. The molecule has 1 aliphatic rings. The molecule has 2 atom stereocenters. The molecule has 138 valence electrons. The number of nitriles is 1. The molecule has 3 aromatic rings. The summed E-state index contributed by atoms with van der Waals surface area (Å²) in [6.45, 7) is 0. The number of fused-ring (bicyclic) bond motifs is 1. The monoisotopic (exact) mass is 391 g/mol. The Kier molecular flexibility index (Phi) is 4.55. The highest BCUT2D eigenvalue weighted by Gasteiger charge is 2.40. The van der Waals surface area contributed by atoms with Gasteiger partial charge in [-0.2, -0.15) is 10.2 Å². The summed E-state index contributed by atoms with van der Waals surface area (Å²) in [5, 5.41) is 15.6. The number of carbonyl (C=O) groups is 1. The van der Waals surface area contributed by atoms with E-state index in [1.54, 1.807) is 24.3 Å². The number of para-hydroxylation sites is 1. The lowest BCUT2D eigenvalue weighted by Crippen LogP contribution is -2.38. The van der Waals surface area contributed by atoms with Gasteiger partial charge >= 0.3 is 0 Å². The Morgan fingerprint density at radius 2 is 1.79 bits per heavy atom. The van der Waals surface area contributed by atoms with Crippen LogP contribution in [0.1, 0.15) is 17.0 Å². The van der Waals surface area contributed by atoms with Crippen LogP contribution in [0, 0.1) is 17.2 Å². The van der Waals surface area contributed by atoms with Crippen molar-refractivity contribution in [3.05, 3.63) is 81.1 Å². The Bertz CT molecular complexity index is 1140. The number of halogens is 1. The van der Waals surface area contributed by atoms with Crippen molar-refractivity contribution in [2.24, 2.45) is 5.92 Å². The molecule has 1 aromatic heterocycles. The van der Waals surface area contributed by atoms with Crippen molar-refractivity contribution >= 4 is 35.0 Å². The zero-order valence-electron chi connectivity index (χ0n) is 14.4. The van der Waals surface area contributed by atoms with Crippen LogP contribution in [0.3, 0.4) is 0 Å². The van der Waals surface area contributed by atoms with Crippen molar-refractivity contribution in [1.82, 2.24) is 9.97 Å². The lowest BCUT2D eigenvalue weighted by Gasteiger charge is -2.28. The zero-order chi connectivity index (χ0) is 19.7. The van der Waals surface area contributed by atoms with Gasteiger partial charge in [-0.1, -0.05) is 41.9 Å². The average molecular weight is 392 g/mol. The fraction of sp³-hybridized carbons (Fsp3) is 0.100. The number of hydrogen-bond acceptors (Lipinski definition) is 5.